The van der Waals surface area contributed by atoms with E-state index in [9.17, 15) is 18.8 Å². The zero-order valence-electron chi connectivity index (χ0n) is 16.5. The SMILES string of the molecule is COc1ccc(C(=O)[C@H]2[C@H]3C(=O)N(c4ccccc4F)C(=O)[C@H]3[C@@H]3C=CC=NN32)cc1. The van der Waals surface area contributed by atoms with Crippen molar-refractivity contribution in [3.8, 4) is 5.75 Å². The summed E-state index contributed by atoms with van der Waals surface area (Å²) in [4.78, 5) is 41.0. The van der Waals surface area contributed by atoms with Crippen molar-refractivity contribution in [3.05, 3.63) is 72.1 Å². The highest BCUT2D eigenvalue weighted by atomic mass is 19.1. The molecule has 0 aliphatic carbocycles. The molecule has 3 aliphatic rings. The average molecular weight is 419 g/mol. The lowest BCUT2D eigenvalue weighted by Crippen LogP contribution is -2.46. The number of benzene rings is 2. The van der Waals surface area contributed by atoms with Gasteiger partial charge in [0.05, 0.1) is 30.7 Å². The van der Waals surface area contributed by atoms with E-state index < -0.39 is 41.6 Å². The molecule has 2 aromatic rings. The summed E-state index contributed by atoms with van der Waals surface area (Å²) in [5.41, 5.74) is 0.275. The average Bonchev–Trinajstić information content (AvgIpc) is 3.27. The van der Waals surface area contributed by atoms with Gasteiger partial charge in [0.1, 0.15) is 17.6 Å². The third-order valence-corrected chi connectivity index (χ3v) is 6.03. The maximum atomic E-state index is 14.4. The van der Waals surface area contributed by atoms with Gasteiger partial charge in [0, 0.05) is 11.8 Å². The van der Waals surface area contributed by atoms with Crippen LogP contribution < -0.4 is 9.64 Å². The molecule has 0 N–H and O–H groups in total. The van der Waals surface area contributed by atoms with E-state index in [0.29, 0.717) is 11.3 Å². The van der Waals surface area contributed by atoms with Crippen LogP contribution in [-0.2, 0) is 9.59 Å². The van der Waals surface area contributed by atoms with Crippen LogP contribution in [0, 0.1) is 17.7 Å². The van der Waals surface area contributed by atoms with Crippen molar-refractivity contribution in [1.29, 1.82) is 0 Å². The Morgan fingerprint density at radius 2 is 1.74 bits per heavy atom. The standard InChI is InChI=1S/C23H18FN3O4/c1-31-14-10-8-13(9-11-14)21(28)20-19-18(17-7-4-12-25-27(17)20)22(29)26(23(19)30)16-6-3-2-5-15(16)24/h2-12,17-20H,1H3/t17-,18-,19-,20+/m0/s1. The lowest BCUT2D eigenvalue weighted by atomic mass is 9.86. The van der Waals surface area contributed by atoms with Crippen molar-refractivity contribution in [2.24, 2.45) is 16.9 Å². The first-order valence-electron chi connectivity index (χ1n) is 9.82. The van der Waals surface area contributed by atoms with Crippen molar-refractivity contribution in [2.45, 2.75) is 12.1 Å². The fraction of sp³-hybridized carbons (Fsp3) is 0.217. The lowest BCUT2D eigenvalue weighted by molar-refractivity contribution is -0.123. The number of rotatable bonds is 4. The van der Waals surface area contributed by atoms with Crippen LogP contribution in [0.15, 0.2) is 65.8 Å². The first kappa shape index (κ1) is 19.2. The van der Waals surface area contributed by atoms with Crippen molar-refractivity contribution in [1.82, 2.24) is 5.01 Å². The fourth-order valence-electron chi connectivity index (χ4n) is 4.63. The molecular weight excluding hydrogens is 401 g/mol. The number of amides is 2. The number of nitrogens with zero attached hydrogens (tertiary/aromatic N) is 3. The van der Waals surface area contributed by atoms with E-state index in [4.69, 9.17) is 4.74 Å². The molecule has 2 aromatic carbocycles. The lowest BCUT2D eigenvalue weighted by Gasteiger charge is -2.30. The molecule has 8 heteroatoms. The van der Waals surface area contributed by atoms with Crippen LogP contribution in [0.5, 0.6) is 5.75 Å². The topological polar surface area (TPSA) is 79.3 Å². The van der Waals surface area contributed by atoms with Crippen LogP contribution in [-0.4, -0.2) is 48.0 Å². The number of Topliss-reactive ketones (excluding diaryl/α,β-unsaturated/α-hetero) is 1. The van der Waals surface area contributed by atoms with Gasteiger partial charge in [0.2, 0.25) is 11.8 Å². The Hall–Kier alpha value is -3.81. The zero-order chi connectivity index (χ0) is 21.7. The van der Waals surface area contributed by atoms with Gasteiger partial charge < -0.3 is 4.74 Å². The number of anilines is 1. The van der Waals surface area contributed by atoms with E-state index in [2.05, 4.69) is 5.10 Å². The highest BCUT2D eigenvalue weighted by Gasteiger charge is 2.64. The Labute approximate surface area is 177 Å². The molecule has 3 aliphatic heterocycles. The molecule has 4 atom stereocenters. The second-order valence-electron chi connectivity index (χ2n) is 7.57. The number of imide groups is 1. The van der Waals surface area contributed by atoms with E-state index in [1.807, 2.05) is 0 Å². The summed E-state index contributed by atoms with van der Waals surface area (Å²) in [7, 11) is 1.53. The minimum atomic E-state index is -0.974. The molecule has 0 bridgehead atoms. The van der Waals surface area contributed by atoms with E-state index in [1.165, 1.54) is 36.5 Å². The molecule has 7 nitrogen and oxygen atoms in total. The smallest absolute Gasteiger partial charge is 0.240 e. The van der Waals surface area contributed by atoms with Gasteiger partial charge >= 0.3 is 0 Å². The van der Waals surface area contributed by atoms with Crippen LogP contribution in [0.25, 0.3) is 0 Å². The van der Waals surface area contributed by atoms with Gasteiger partial charge in [-0.2, -0.15) is 5.10 Å². The molecule has 2 saturated heterocycles. The van der Waals surface area contributed by atoms with Crippen molar-refractivity contribution < 1.29 is 23.5 Å². The summed E-state index contributed by atoms with van der Waals surface area (Å²) in [5, 5.41) is 5.82. The van der Waals surface area contributed by atoms with Gasteiger partial charge in [-0.1, -0.05) is 18.2 Å². The number of allylic oxidation sites excluding steroid dienone is 1. The zero-order valence-corrected chi connectivity index (χ0v) is 16.5. The molecule has 156 valence electrons. The molecule has 2 amide bonds. The Morgan fingerprint density at radius 1 is 1.03 bits per heavy atom. The number of ketones is 1. The summed E-state index contributed by atoms with van der Waals surface area (Å²) in [6.07, 6.45) is 4.96. The van der Waals surface area contributed by atoms with Crippen LogP contribution in [0.1, 0.15) is 10.4 Å². The van der Waals surface area contributed by atoms with Gasteiger partial charge in [0.25, 0.3) is 0 Å². The Balaban J connectivity index is 1.57. The van der Waals surface area contributed by atoms with E-state index >= 15 is 0 Å². The molecule has 2 fully saturated rings. The minimum absolute atomic E-state index is 0.0996. The second-order valence-corrected chi connectivity index (χ2v) is 7.57. The first-order chi connectivity index (χ1) is 15.0. The number of hydrazone groups is 1. The van der Waals surface area contributed by atoms with E-state index in [0.717, 1.165) is 4.90 Å². The minimum Gasteiger partial charge on any atom is -0.497 e. The number of hydrogen-bond donors (Lipinski definition) is 0. The molecular formula is C23H18FN3O4. The van der Waals surface area contributed by atoms with E-state index in [1.54, 1.807) is 42.5 Å². The number of hydrogen-bond acceptors (Lipinski definition) is 6. The fourth-order valence-corrected chi connectivity index (χ4v) is 4.63. The number of para-hydroxylation sites is 1. The predicted octanol–water partition coefficient (Wildman–Crippen LogP) is 2.43. The molecule has 5 rings (SSSR count). The van der Waals surface area contributed by atoms with Crippen LogP contribution >= 0.6 is 0 Å². The predicted molar refractivity (Wildman–Crippen MR) is 110 cm³/mol. The van der Waals surface area contributed by atoms with Gasteiger partial charge in [-0.05, 0) is 42.5 Å². The molecule has 0 aromatic heterocycles. The number of fused-ring (bicyclic) bond motifs is 3. The first-order valence-corrected chi connectivity index (χ1v) is 9.82. The Morgan fingerprint density at radius 3 is 2.45 bits per heavy atom. The summed E-state index contributed by atoms with van der Waals surface area (Å²) in [6, 6.07) is 10.6. The van der Waals surface area contributed by atoms with Gasteiger partial charge in [-0.3, -0.25) is 19.4 Å². The third-order valence-electron chi connectivity index (χ3n) is 6.03. The molecule has 0 radical (unpaired) electrons. The molecule has 0 unspecified atom stereocenters. The number of methoxy groups -OCH3 is 1. The van der Waals surface area contributed by atoms with Gasteiger partial charge in [-0.25, -0.2) is 9.29 Å². The normalized spacial score (nSPS) is 26.3. The summed E-state index contributed by atoms with van der Waals surface area (Å²) in [6.45, 7) is 0. The molecule has 31 heavy (non-hydrogen) atoms. The molecule has 3 heterocycles. The third kappa shape index (κ3) is 2.78. The van der Waals surface area contributed by atoms with Crippen LogP contribution in [0.3, 0.4) is 0 Å². The second kappa shape index (κ2) is 7.16. The van der Waals surface area contributed by atoms with Crippen LogP contribution in [0.4, 0.5) is 10.1 Å². The van der Waals surface area contributed by atoms with Gasteiger partial charge in [-0.15, -0.1) is 0 Å². The number of halogens is 1. The summed E-state index contributed by atoms with van der Waals surface area (Å²) < 4.78 is 19.6. The van der Waals surface area contributed by atoms with Crippen molar-refractivity contribution in [3.63, 3.8) is 0 Å². The number of carbonyl (C=O) groups excluding carboxylic acids is 3. The maximum absolute atomic E-state index is 14.4. The number of ether oxygens (including phenoxy) is 1. The van der Waals surface area contributed by atoms with Crippen LogP contribution in [0.2, 0.25) is 0 Å². The Bertz CT molecular complexity index is 1140. The van der Waals surface area contributed by atoms with Gasteiger partial charge in [0.15, 0.2) is 5.78 Å². The highest BCUT2D eigenvalue weighted by Crippen LogP contribution is 2.46. The summed E-state index contributed by atoms with van der Waals surface area (Å²) in [5.74, 6) is -3.32. The quantitative estimate of drug-likeness (QED) is 0.562. The summed E-state index contributed by atoms with van der Waals surface area (Å²) >= 11 is 0. The maximum Gasteiger partial charge on any atom is 0.240 e. The highest BCUT2D eigenvalue weighted by molar-refractivity contribution is 6.24. The van der Waals surface area contributed by atoms with Crippen molar-refractivity contribution in [2.75, 3.05) is 12.0 Å². The monoisotopic (exact) mass is 419 g/mol. The largest absolute Gasteiger partial charge is 0.497 e. The molecule has 0 spiro atoms. The Kier molecular flexibility index (Phi) is 4.43. The van der Waals surface area contributed by atoms with Crippen molar-refractivity contribution >= 4 is 29.5 Å². The number of carbonyl (C=O) groups is 3. The molecule has 0 saturated carbocycles. The van der Waals surface area contributed by atoms with E-state index in [-0.39, 0.29) is 11.5 Å².